The molecule has 1 spiro atoms. The molecule has 2 aliphatic rings. The monoisotopic (exact) mass is 350 g/mol. The van der Waals surface area contributed by atoms with Crippen LogP contribution in [0, 0.1) is 12.3 Å². The normalized spacial score (nSPS) is 20.7. The predicted octanol–water partition coefficient (Wildman–Crippen LogP) is 2.33. The molecule has 2 aliphatic heterocycles. The third-order valence-electron chi connectivity index (χ3n) is 4.53. The molecule has 128 valence electrons. The molecule has 0 bridgehead atoms. The van der Waals surface area contributed by atoms with Gasteiger partial charge in [0.15, 0.2) is 0 Å². The number of alkyl halides is 3. The number of hydrogen-bond donors (Lipinski definition) is 1. The van der Waals surface area contributed by atoms with Crippen LogP contribution in [0.4, 0.5) is 19.0 Å². The van der Waals surface area contributed by atoms with Crippen molar-refractivity contribution in [1.29, 1.82) is 0 Å². The molecular weight excluding hydrogens is 333 g/mol. The van der Waals surface area contributed by atoms with Crippen LogP contribution in [0.15, 0.2) is 6.20 Å². The fraction of sp³-hybridized carbons (Fsp3) is 0.643. The van der Waals surface area contributed by atoms with Gasteiger partial charge in [0.25, 0.3) is 0 Å². The van der Waals surface area contributed by atoms with E-state index in [1.165, 1.54) is 4.90 Å². The van der Waals surface area contributed by atoms with E-state index in [0.717, 1.165) is 32.1 Å². The van der Waals surface area contributed by atoms with E-state index < -0.39 is 17.4 Å². The van der Waals surface area contributed by atoms with Gasteiger partial charge < -0.3 is 5.32 Å². The van der Waals surface area contributed by atoms with Gasteiger partial charge in [-0.15, -0.1) is 12.4 Å². The van der Waals surface area contributed by atoms with Gasteiger partial charge >= 0.3 is 6.18 Å². The van der Waals surface area contributed by atoms with Crippen LogP contribution in [0.5, 0.6) is 0 Å². The van der Waals surface area contributed by atoms with Gasteiger partial charge in [-0.1, -0.05) is 0 Å². The third kappa shape index (κ3) is 3.14. The molecule has 0 aliphatic carbocycles. The van der Waals surface area contributed by atoms with Crippen molar-refractivity contribution < 1.29 is 18.0 Å². The highest BCUT2D eigenvalue weighted by Crippen LogP contribution is 2.42. The maximum absolute atomic E-state index is 12.8. The van der Waals surface area contributed by atoms with Gasteiger partial charge in [0.1, 0.15) is 5.82 Å². The molecule has 1 amide bonds. The van der Waals surface area contributed by atoms with Gasteiger partial charge in [0.05, 0.1) is 5.41 Å². The zero-order chi connectivity index (χ0) is 16.0. The number of halogens is 4. The summed E-state index contributed by atoms with van der Waals surface area (Å²) in [5, 5.41) is 3.21. The SMILES string of the molecule is Cc1cnc(C(F)(F)F)nc1N1CCC2(CCNCC2)C1=O.Cl. The topological polar surface area (TPSA) is 58.1 Å². The van der Waals surface area contributed by atoms with E-state index in [1.807, 2.05) is 0 Å². The van der Waals surface area contributed by atoms with Crippen LogP contribution in [-0.4, -0.2) is 35.5 Å². The molecule has 3 heterocycles. The largest absolute Gasteiger partial charge is 0.451 e. The van der Waals surface area contributed by atoms with E-state index in [2.05, 4.69) is 15.3 Å². The standard InChI is InChI=1S/C14H17F3N4O.ClH/c1-9-8-19-11(14(15,16)17)20-10(9)21-7-4-13(12(21)22)2-5-18-6-3-13;/h8,18H,2-7H2,1H3;1H. The predicted molar refractivity (Wildman–Crippen MR) is 80.5 cm³/mol. The number of nitrogens with one attached hydrogen (secondary N) is 1. The average molecular weight is 351 g/mol. The minimum absolute atomic E-state index is 0. The van der Waals surface area contributed by atoms with Crippen molar-refractivity contribution in [2.75, 3.05) is 24.5 Å². The molecule has 0 atom stereocenters. The zero-order valence-electron chi connectivity index (χ0n) is 12.6. The van der Waals surface area contributed by atoms with E-state index >= 15 is 0 Å². The molecular formula is C14H18ClF3N4O. The number of carbonyl (C=O) groups excluding carboxylic acids is 1. The Bertz CT molecular complexity index is 602. The first-order valence-electron chi connectivity index (χ1n) is 7.27. The van der Waals surface area contributed by atoms with Crippen LogP contribution in [0.25, 0.3) is 0 Å². The number of anilines is 1. The molecule has 0 saturated carbocycles. The van der Waals surface area contributed by atoms with E-state index in [4.69, 9.17) is 0 Å². The molecule has 9 heteroatoms. The van der Waals surface area contributed by atoms with Crippen molar-refractivity contribution in [2.45, 2.75) is 32.4 Å². The molecule has 5 nitrogen and oxygen atoms in total. The number of aryl methyl sites for hydroxylation is 1. The molecule has 0 radical (unpaired) electrons. The van der Waals surface area contributed by atoms with Crippen molar-refractivity contribution in [3.63, 3.8) is 0 Å². The highest BCUT2D eigenvalue weighted by molar-refractivity contribution is 5.99. The Morgan fingerprint density at radius 2 is 1.91 bits per heavy atom. The molecule has 2 fully saturated rings. The van der Waals surface area contributed by atoms with Crippen molar-refractivity contribution in [1.82, 2.24) is 15.3 Å². The summed E-state index contributed by atoms with van der Waals surface area (Å²) in [6.07, 6.45) is -1.38. The molecule has 1 aromatic rings. The third-order valence-corrected chi connectivity index (χ3v) is 4.53. The van der Waals surface area contributed by atoms with E-state index in [0.29, 0.717) is 18.5 Å². The van der Waals surface area contributed by atoms with Gasteiger partial charge in [-0.25, -0.2) is 9.97 Å². The number of piperidine rings is 1. The Morgan fingerprint density at radius 3 is 2.52 bits per heavy atom. The minimum atomic E-state index is -4.61. The van der Waals surface area contributed by atoms with Crippen LogP contribution >= 0.6 is 12.4 Å². The lowest BCUT2D eigenvalue weighted by Crippen LogP contribution is -2.43. The Kier molecular flexibility index (Phi) is 4.86. The summed E-state index contributed by atoms with van der Waals surface area (Å²) >= 11 is 0. The average Bonchev–Trinajstić information content (AvgIpc) is 2.77. The molecule has 23 heavy (non-hydrogen) atoms. The van der Waals surface area contributed by atoms with Crippen molar-refractivity contribution in [3.05, 3.63) is 17.6 Å². The minimum Gasteiger partial charge on any atom is -0.317 e. The van der Waals surface area contributed by atoms with Gasteiger partial charge in [0.2, 0.25) is 11.7 Å². The van der Waals surface area contributed by atoms with Crippen molar-refractivity contribution in [3.8, 4) is 0 Å². The van der Waals surface area contributed by atoms with Crippen LogP contribution < -0.4 is 10.2 Å². The summed E-state index contributed by atoms with van der Waals surface area (Å²) in [6, 6.07) is 0. The summed E-state index contributed by atoms with van der Waals surface area (Å²) in [7, 11) is 0. The number of hydrogen-bond acceptors (Lipinski definition) is 4. The zero-order valence-corrected chi connectivity index (χ0v) is 13.4. The summed E-state index contributed by atoms with van der Waals surface area (Å²) < 4.78 is 38.4. The van der Waals surface area contributed by atoms with Crippen LogP contribution in [-0.2, 0) is 11.0 Å². The smallest absolute Gasteiger partial charge is 0.317 e. The lowest BCUT2D eigenvalue weighted by Gasteiger charge is -2.32. The van der Waals surface area contributed by atoms with Gasteiger partial charge in [0, 0.05) is 18.3 Å². The van der Waals surface area contributed by atoms with E-state index in [1.54, 1.807) is 6.92 Å². The summed E-state index contributed by atoms with van der Waals surface area (Å²) in [5.74, 6) is -1.22. The second-order valence-electron chi connectivity index (χ2n) is 5.94. The highest BCUT2D eigenvalue weighted by atomic mass is 35.5. The summed E-state index contributed by atoms with van der Waals surface area (Å²) in [6.45, 7) is 3.55. The molecule has 0 unspecified atom stereocenters. The fourth-order valence-corrected chi connectivity index (χ4v) is 3.23. The fourth-order valence-electron chi connectivity index (χ4n) is 3.23. The Labute approximate surface area is 138 Å². The maximum atomic E-state index is 12.8. The number of carbonyl (C=O) groups is 1. The number of rotatable bonds is 1. The lowest BCUT2D eigenvalue weighted by molar-refractivity contribution is -0.145. The van der Waals surface area contributed by atoms with Gasteiger partial charge in [-0.3, -0.25) is 9.69 Å². The summed E-state index contributed by atoms with van der Waals surface area (Å²) in [4.78, 5) is 21.1. The molecule has 2 saturated heterocycles. The second kappa shape index (κ2) is 6.24. The van der Waals surface area contributed by atoms with Crippen molar-refractivity contribution >= 4 is 24.1 Å². The molecule has 0 aromatic carbocycles. The first-order valence-corrected chi connectivity index (χ1v) is 7.27. The second-order valence-corrected chi connectivity index (χ2v) is 5.94. The quantitative estimate of drug-likeness (QED) is 0.844. The number of nitrogens with zero attached hydrogens (tertiary/aromatic N) is 3. The Balaban J connectivity index is 0.00000192. The first kappa shape index (κ1) is 17.9. The molecule has 1 aromatic heterocycles. The lowest BCUT2D eigenvalue weighted by atomic mass is 9.78. The van der Waals surface area contributed by atoms with Gasteiger partial charge in [-0.05, 0) is 39.3 Å². The molecule has 1 N–H and O–H groups in total. The number of aromatic nitrogens is 2. The Morgan fingerprint density at radius 1 is 1.26 bits per heavy atom. The van der Waals surface area contributed by atoms with Crippen LogP contribution in [0.2, 0.25) is 0 Å². The van der Waals surface area contributed by atoms with Crippen molar-refractivity contribution in [2.24, 2.45) is 5.41 Å². The van der Waals surface area contributed by atoms with E-state index in [9.17, 15) is 18.0 Å². The first-order chi connectivity index (χ1) is 10.3. The Hall–Kier alpha value is -1.41. The van der Waals surface area contributed by atoms with Crippen LogP contribution in [0.3, 0.4) is 0 Å². The number of amides is 1. The maximum Gasteiger partial charge on any atom is 0.451 e. The summed E-state index contributed by atoms with van der Waals surface area (Å²) in [5.41, 5.74) is 0.0356. The highest BCUT2D eigenvalue weighted by Gasteiger charge is 2.48. The molecule has 3 rings (SSSR count). The van der Waals surface area contributed by atoms with E-state index in [-0.39, 0.29) is 24.1 Å². The van der Waals surface area contributed by atoms with Crippen LogP contribution in [0.1, 0.15) is 30.7 Å². The van der Waals surface area contributed by atoms with Gasteiger partial charge in [-0.2, -0.15) is 13.2 Å².